The van der Waals surface area contributed by atoms with E-state index in [1.165, 1.54) is 11.0 Å². The molecular weight excluding hydrogens is 268 g/mol. The molecule has 7 nitrogen and oxygen atoms in total. The van der Waals surface area contributed by atoms with Gasteiger partial charge in [0.2, 0.25) is 5.91 Å². The summed E-state index contributed by atoms with van der Waals surface area (Å²) in [7, 11) is 0. The Balaban J connectivity index is 0.00000180. The monoisotopic (exact) mass is 282 g/mol. The number of amides is 1. The van der Waals surface area contributed by atoms with Crippen molar-refractivity contribution in [3.8, 4) is 0 Å². The standard InChI is InChI=1S/C11H14N6O.ClH/c12-10-3-1-9(2-4-10)5-6-13-11(18)7-17-8-14-15-16-17;/h1-4,8H,5-7,12H2,(H,13,18);1H. The number of tetrazole rings is 1. The molecule has 0 saturated heterocycles. The number of hydrogen-bond donors (Lipinski definition) is 2. The van der Waals surface area contributed by atoms with E-state index < -0.39 is 0 Å². The van der Waals surface area contributed by atoms with Crippen LogP contribution in [0.5, 0.6) is 0 Å². The summed E-state index contributed by atoms with van der Waals surface area (Å²) >= 11 is 0. The van der Waals surface area contributed by atoms with Gasteiger partial charge in [-0.05, 0) is 34.5 Å². The fourth-order valence-corrected chi connectivity index (χ4v) is 1.49. The van der Waals surface area contributed by atoms with Crippen molar-refractivity contribution < 1.29 is 4.79 Å². The molecule has 1 heterocycles. The predicted octanol–water partition coefficient (Wildman–Crippen LogP) is 0.0360. The zero-order valence-corrected chi connectivity index (χ0v) is 11.0. The second-order valence-electron chi connectivity index (χ2n) is 3.85. The summed E-state index contributed by atoms with van der Waals surface area (Å²) in [6, 6.07) is 7.59. The lowest BCUT2D eigenvalue weighted by Crippen LogP contribution is -2.29. The van der Waals surface area contributed by atoms with Gasteiger partial charge in [-0.3, -0.25) is 4.79 Å². The minimum atomic E-state index is -0.113. The number of carbonyl (C=O) groups excluding carboxylic acids is 1. The van der Waals surface area contributed by atoms with Gasteiger partial charge in [-0.15, -0.1) is 17.5 Å². The third kappa shape index (κ3) is 4.92. The van der Waals surface area contributed by atoms with Gasteiger partial charge in [0, 0.05) is 12.2 Å². The largest absolute Gasteiger partial charge is 0.399 e. The van der Waals surface area contributed by atoms with Crippen LogP contribution < -0.4 is 11.1 Å². The van der Waals surface area contributed by atoms with E-state index in [0.717, 1.165) is 17.7 Å². The number of nitrogen functional groups attached to an aromatic ring is 1. The lowest BCUT2D eigenvalue weighted by atomic mass is 10.1. The molecule has 0 radical (unpaired) electrons. The molecule has 0 aliphatic rings. The van der Waals surface area contributed by atoms with Crippen molar-refractivity contribution in [3.63, 3.8) is 0 Å². The Morgan fingerprint density at radius 3 is 2.68 bits per heavy atom. The third-order valence-corrected chi connectivity index (χ3v) is 2.41. The van der Waals surface area contributed by atoms with Crippen LogP contribution in [0.25, 0.3) is 0 Å². The van der Waals surface area contributed by atoms with Gasteiger partial charge in [0.15, 0.2) is 0 Å². The highest BCUT2D eigenvalue weighted by Gasteiger charge is 2.02. The van der Waals surface area contributed by atoms with Crippen LogP contribution in [-0.2, 0) is 17.8 Å². The van der Waals surface area contributed by atoms with Crippen LogP contribution in [0.2, 0.25) is 0 Å². The van der Waals surface area contributed by atoms with Crippen LogP contribution in [-0.4, -0.2) is 32.7 Å². The van der Waals surface area contributed by atoms with E-state index in [4.69, 9.17) is 5.73 Å². The van der Waals surface area contributed by atoms with Crippen LogP contribution in [0.4, 0.5) is 5.69 Å². The number of nitrogens with zero attached hydrogens (tertiary/aromatic N) is 4. The van der Waals surface area contributed by atoms with Crippen molar-refractivity contribution in [1.82, 2.24) is 25.5 Å². The van der Waals surface area contributed by atoms with Crippen molar-refractivity contribution in [2.24, 2.45) is 0 Å². The Bertz CT molecular complexity index is 498. The number of anilines is 1. The Morgan fingerprint density at radius 1 is 1.32 bits per heavy atom. The van der Waals surface area contributed by atoms with Crippen molar-refractivity contribution in [1.29, 1.82) is 0 Å². The van der Waals surface area contributed by atoms with Gasteiger partial charge >= 0.3 is 0 Å². The maximum Gasteiger partial charge on any atom is 0.241 e. The molecule has 0 unspecified atom stereocenters. The quantitative estimate of drug-likeness (QED) is 0.754. The van der Waals surface area contributed by atoms with Gasteiger partial charge in [-0.1, -0.05) is 12.1 Å². The van der Waals surface area contributed by atoms with Crippen molar-refractivity contribution in [2.45, 2.75) is 13.0 Å². The Hall–Kier alpha value is -2.15. The van der Waals surface area contributed by atoms with Gasteiger partial charge in [0.1, 0.15) is 12.9 Å². The van der Waals surface area contributed by atoms with Crippen LogP contribution in [0.3, 0.4) is 0 Å². The normalized spacial score (nSPS) is 9.68. The topological polar surface area (TPSA) is 98.7 Å². The number of nitrogens with one attached hydrogen (secondary N) is 1. The lowest BCUT2D eigenvalue weighted by molar-refractivity contribution is -0.121. The molecule has 1 aromatic heterocycles. The Labute approximate surface area is 116 Å². The van der Waals surface area contributed by atoms with Crippen molar-refractivity contribution in [2.75, 3.05) is 12.3 Å². The zero-order chi connectivity index (χ0) is 12.8. The van der Waals surface area contributed by atoms with E-state index in [1.54, 1.807) is 0 Å². The fourth-order valence-electron chi connectivity index (χ4n) is 1.49. The summed E-state index contributed by atoms with van der Waals surface area (Å²) < 4.78 is 1.37. The number of rotatable bonds is 5. The second-order valence-corrected chi connectivity index (χ2v) is 3.85. The summed E-state index contributed by atoms with van der Waals surface area (Å²) in [6.07, 6.45) is 2.17. The highest BCUT2D eigenvalue weighted by atomic mass is 35.5. The van der Waals surface area contributed by atoms with Crippen molar-refractivity contribution >= 4 is 24.0 Å². The fraction of sp³-hybridized carbons (Fsp3) is 0.273. The van der Waals surface area contributed by atoms with Gasteiger partial charge in [-0.2, -0.15) is 0 Å². The molecule has 0 aliphatic carbocycles. The van der Waals surface area contributed by atoms with Gasteiger partial charge in [-0.25, -0.2) is 4.68 Å². The first-order valence-corrected chi connectivity index (χ1v) is 5.56. The zero-order valence-electron chi connectivity index (χ0n) is 10.2. The molecule has 3 N–H and O–H groups in total. The van der Waals surface area contributed by atoms with Gasteiger partial charge in [0.25, 0.3) is 0 Å². The van der Waals surface area contributed by atoms with Crippen molar-refractivity contribution in [3.05, 3.63) is 36.2 Å². The average Bonchev–Trinajstić information content (AvgIpc) is 2.84. The maximum atomic E-state index is 11.5. The first kappa shape index (κ1) is 14.9. The molecule has 2 rings (SSSR count). The van der Waals surface area contributed by atoms with Gasteiger partial charge in [0.05, 0.1) is 0 Å². The summed E-state index contributed by atoms with van der Waals surface area (Å²) in [6.45, 7) is 0.708. The average molecular weight is 283 g/mol. The molecule has 102 valence electrons. The molecule has 0 atom stereocenters. The molecule has 8 heteroatoms. The van der Waals surface area contributed by atoms with E-state index in [-0.39, 0.29) is 24.9 Å². The molecule has 0 bridgehead atoms. The van der Waals surface area contributed by atoms with Crippen LogP contribution >= 0.6 is 12.4 Å². The molecule has 0 fully saturated rings. The Kier molecular flexibility index (Phi) is 5.74. The smallest absolute Gasteiger partial charge is 0.241 e. The highest BCUT2D eigenvalue weighted by molar-refractivity contribution is 5.85. The SMILES string of the molecule is Cl.Nc1ccc(CCNC(=O)Cn2cnnn2)cc1. The van der Waals surface area contributed by atoms with E-state index in [2.05, 4.69) is 20.8 Å². The minimum absolute atomic E-state index is 0. The van der Waals surface area contributed by atoms with E-state index >= 15 is 0 Å². The molecule has 1 aromatic carbocycles. The molecule has 0 saturated carbocycles. The number of benzene rings is 1. The van der Waals surface area contributed by atoms with Crippen LogP contribution in [0, 0.1) is 0 Å². The summed E-state index contributed by atoms with van der Waals surface area (Å²) in [5.41, 5.74) is 7.46. The first-order valence-electron chi connectivity index (χ1n) is 5.56. The van der Waals surface area contributed by atoms with Crippen LogP contribution in [0.15, 0.2) is 30.6 Å². The highest BCUT2D eigenvalue weighted by Crippen LogP contribution is 2.05. The predicted molar refractivity (Wildman–Crippen MR) is 72.6 cm³/mol. The number of aromatic nitrogens is 4. The molecule has 2 aromatic rings. The summed E-state index contributed by atoms with van der Waals surface area (Å²) in [4.78, 5) is 11.5. The third-order valence-electron chi connectivity index (χ3n) is 2.41. The Morgan fingerprint density at radius 2 is 2.05 bits per heavy atom. The summed E-state index contributed by atoms with van der Waals surface area (Å²) in [5, 5.41) is 13.3. The number of nitrogens with two attached hydrogens (primary N) is 1. The first-order chi connectivity index (χ1) is 8.74. The minimum Gasteiger partial charge on any atom is -0.399 e. The molecular formula is C11H15ClN6O. The number of carbonyl (C=O) groups is 1. The second kappa shape index (κ2) is 7.32. The van der Waals surface area contributed by atoms with E-state index in [1.807, 2.05) is 24.3 Å². The maximum absolute atomic E-state index is 11.5. The molecule has 0 spiro atoms. The summed E-state index contributed by atoms with van der Waals surface area (Å²) in [5.74, 6) is -0.113. The lowest BCUT2D eigenvalue weighted by Gasteiger charge is -2.05. The number of hydrogen-bond acceptors (Lipinski definition) is 5. The molecule has 19 heavy (non-hydrogen) atoms. The molecule has 1 amide bonds. The molecule has 0 aliphatic heterocycles. The van der Waals surface area contributed by atoms with Gasteiger partial charge < -0.3 is 11.1 Å². The van der Waals surface area contributed by atoms with E-state index in [9.17, 15) is 4.79 Å². The number of halogens is 1. The van der Waals surface area contributed by atoms with E-state index in [0.29, 0.717) is 6.54 Å². The van der Waals surface area contributed by atoms with Crippen LogP contribution in [0.1, 0.15) is 5.56 Å².